The zero-order chi connectivity index (χ0) is 15.2. The van der Waals surface area contributed by atoms with Crippen molar-refractivity contribution in [3.63, 3.8) is 0 Å². The molecule has 120 valence electrons. The van der Waals surface area contributed by atoms with Crippen molar-refractivity contribution in [2.45, 2.75) is 72.8 Å². The van der Waals surface area contributed by atoms with E-state index in [1.54, 1.807) is 0 Å². The SMILES string of the molecule is CCC(C)CN(C)CC1(CNC(C)C)CCCC(C)C1. The average Bonchev–Trinajstić information content (AvgIpc) is 2.36. The van der Waals surface area contributed by atoms with Gasteiger partial charge in [0, 0.05) is 25.7 Å². The molecule has 3 unspecified atom stereocenters. The lowest BCUT2D eigenvalue weighted by molar-refractivity contribution is 0.0837. The van der Waals surface area contributed by atoms with Gasteiger partial charge in [0.25, 0.3) is 0 Å². The van der Waals surface area contributed by atoms with E-state index in [-0.39, 0.29) is 0 Å². The number of nitrogens with one attached hydrogen (secondary N) is 1. The van der Waals surface area contributed by atoms with Crippen molar-refractivity contribution in [3.05, 3.63) is 0 Å². The van der Waals surface area contributed by atoms with Gasteiger partial charge in [0.05, 0.1) is 0 Å². The number of nitrogens with zero attached hydrogens (tertiary/aromatic N) is 1. The zero-order valence-corrected chi connectivity index (χ0v) is 14.8. The molecule has 2 nitrogen and oxygen atoms in total. The molecule has 1 saturated carbocycles. The maximum Gasteiger partial charge on any atom is 0.00473 e. The first-order valence-corrected chi connectivity index (χ1v) is 8.79. The van der Waals surface area contributed by atoms with Gasteiger partial charge in [-0.1, -0.05) is 53.9 Å². The zero-order valence-electron chi connectivity index (χ0n) is 14.8. The Balaban J connectivity index is 2.61. The molecule has 1 aliphatic carbocycles. The molecule has 1 aliphatic rings. The van der Waals surface area contributed by atoms with Crippen molar-refractivity contribution < 1.29 is 0 Å². The molecule has 3 atom stereocenters. The van der Waals surface area contributed by atoms with Crippen molar-refractivity contribution >= 4 is 0 Å². The van der Waals surface area contributed by atoms with Crippen LogP contribution in [0.25, 0.3) is 0 Å². The fourth-order valence-corrected chi connectivity index (χ4v) is 3.85. The molecule has 0 aromatic rings. The molecule has 1 N–H and O–H groups in total. The Morgan fingerprint density at radius 3 is 2.55 bits per heavy atom. The van der Waals surface area contributed by atoms with Crippen molar-refractivity contribution in [2.24, 2.45) is 17.3 Å². The summed E-state index contributed by atoms with van der Waals surface area (Å²) in [5, 5.41) is 3.72. The number of hydrogen-bond acceptors (Lipinski definition) is 2. The third-order valence-corrected chi connectivity index (χ3v) is 5.00. The van der Waals surface area contributed by atoms with E-state index >= 15 is 0 Å². The predicted octanol–water partition coefficient (Wildman–Crippen LogP) is 4.16. The summed E-state index contributed by atoms with van der Waals surface area (Å²) in [6.45, 7) is 15.4. The van der Waals surface area contributed by atoms with Crippen LogP contribution in [0.2, 0.25) is 0 Å². The molecule has 0 heterocycles. The van der Waals surface area contributed by atoms with Crippen LogP contribution in [0, 0.1) is 17.3 Å². The second kappa shape index (κ2) is 8.38. The van der Waals surface area contributed by atoms with Crippen LogP contribution in [0.15, 0.2) is 0 Å². The average molecular weight is 283 g/mol. The van der Waals surface area contributed by atoms with E-state index in [1.807, 2.05) is 0 Å². The van der Waals surface area contributed by atoms with E-state index < -0.39 is 0 Å². The molecule has 1 fully saturated rings. The van der Waals surface area contributed by atoms with Gasteiger partial charge in [-0.05, 0) is 37.1 Å². The van der Waals surface area contributed by atoms with Crippen LogP contribution in [0.3, 0.4) is 0 Å². The van der Waals surface area contributed by atoms with Crippen LogP contribution in [0.5, 0.6) is 0 Å². The van der Waals surface area contributed by atoms with Crippen LogP contribution in [-0.2, 0) is 0 Å². The standard InChI is InChI=1S/C18H38N2/c1-7-16(4)12-20(6)14-18(13-19-15(2)3)10-8-9-17(5)11-18/h15-17,19H,7-14H2,1-6H3. The Morgan fingerprint density at radius 2 is 2.00 bits per heavy atom. The lowest BCUT2D eigenvalue weighted by Gasteiger charge is -2.43. The Bertz CT molecular complexity index is 264. The van der Waals surface area contributed by atoms with Gasteiger partial charge >= 0.3 is 0 Å². The fraction of sp³-hybridized carbons (Fsp3) is 1.00. The summed E-state index contributed by atoms with van der Waals surface area (Å²) in [4.78, 5) is 2.59. The first-order valence-electron chi connectivity index (χ1n) is 8.79. The number of rotatable bonds is 8. The van der Waals surface area contributed by atoms with E-state index in [0.717, 1.165) is 11.8 Å². The molecule has 2 heteroatoms. The highest BCUT2D eigenvalue weighted by Gasteiger charge is 2.35. The van der Waals surface area contributed by atoms with Gasteiger partial charge in [0.1, 0.15) is 0 Å². The summed E-state index contributed by atoms with van der Waals surface area (Å²) >= 11 is 0. The molecule has 0 aliphatic heterocycles. The normalized spacial score (nSPS) is 29.1. The minimum Gasteiger partial charge on any atom is -0.314 e. The van der Waals surface area contributed by atoms with E-state index in [1.165, 1.54) is 51.7 Å². The van der Waals surface area contributed by atoms with Gasteiger partial charge in [-0.3, -0.25) is 0 Å². The maximum atomic E-state index is 3.72. The molecule has 0 saturated heterocycles. The van der Waals surface area contributed by atoms with Crippen LogP contribution in [-0.4, -0.2) is 37.6 Å². The van der Waals surface area contributed by atoms with Gasteiger partial charge in [0.15, 0.2) is 0 Å². The minimum absolute atomic E-state index is 0.504. The van der Waals surface area contributed by atoms with Crippen LogP contribution >= 0.6 is 0 Å². The molecule has 0 aromatic heterocycles. The van der Waals surface area contributed by atoms with Crippen molar-refractivity contribution in [1.29, 1.82) is 0 Å². The van der Waals surface area contributed by atoms with Gasteiger partial charge in [0.2, 0.25) is 0 Å². The third kappa shape index (κ3) is 6.13. The molecular weight excluding hydrogens is 244 g/mol. The van der Waals surface area contributed by atoms with E-state index in [2.05, 4.69) is 51.9 Å². The summed E-state index contributed by atoms with van der Waals surface area (Å²) in [6.07, 6.45) is 6.94. The second-order valence-corrected chi connectivity index (χ2v) is 7.95. The summed E-state index contributed by atoms with van der Waals surface area (Å²) in [5.74, 6) is 1.71. The number of hydrogen-bond donors (Lipinski definition) is 1. The molecule has 1 rings (SSSR count). The fourth-order valence-electron chi connectivity index (χ4n) is 3.85. The summed E-state index contributed by atoms with van der Waals surface area (Å²) in [5.41, 5.74) is 0.504. The minimum atomic E-state index is 0.504. The Kier molecular flexibility index (Phi) is 7.53. The highest BCUT2D eigenvalue weighted by atomic mass is 15.1. The highest BCUT2D eigenvalue weighted by molar-refractivity contribution is 4.90. The van der Waals surface area contributed by atoms with E-state index in [4.69, 9.17) is 0 Å². The summed E-state index contributed by atoms with van der Waals surface area (Å²) in [6, 6.07) is 0.601. The lowest BCUT2D eigenvalue weighted by atomic mass is 9.69. The van der Waals surface area contributed by atoms with Gasteiger partial charge in [-0.15, -0.1) is 0 Å². The summed E-state index contributed by atoms with van der Waals surface area (Å²) < 4.78 is 0. The molecular formula is C18H38N2. The highest BCUT2D eigenvalue weighted by Crippen LogP contribution is 2.39. The quantitative estimate of drug-likeness (QED) is 0.719. The molecule has 0 radical (unpaired) electrons. The first-order chi connectivity index (χ1) is 9.37. The van der Waals surface area contributed by atoms with E-state index in [0.29, 0.717) is 11.5 Å². The van der Waals surface area contributed by atoms with Crippen LogP contribution < -0.4 is 5.32 Å². The molecule has 0 amide bonds. The maximum absolute atomic E-state index is 3.72. The van der Waals surface area contributed by atoms with Crippen LogP contribution in [0.4, 0.5) is 0 Å². The Labute approximate surface area is 127 Å². The first kappa shape index (κ1) is 18.0. The van der Waals surface area contributed by atoms with Gasteiger partial charge in [-0.2, -0.15) is 0 Å². The lowest BCUT2D eigenvalue weighted by Crippen LogP contribution is -2.47. The third-order valence-electron chi connectivity index (χ3n) is 5.00. The van der Waals surface area contributed by atoms with Gasteiger partial charge < -0.3 is 10.2 Å². The Morgan fingerprint density at radius 1 is 1.30 bits per heavy atom. The molecule has 20 heavy (non-hydrogen) atoms. The van der Waals surface area contributed by atoms with Crippen molar-refractivity contribution in [3.8, 4) is 0 Å². The Hall–Kier alpha value is -0.0800. The molecule has 0 spiro atoms. The smallest absolute Gasteiger partial charge is 0.00473 e. The summed E-state index contributed by atoms with van der Waals surface area (Å²) in [7, 11) is 2.32. The largest absolute Gasteiger partial charge is 0.314 e. The second-order valence-electron chi connectivity index (χ2n) is 7.95. The van der Waals surface area contributed by atoms with Crippen molar-refractivity contribution in [2.75, 3.05) is 26.7 Å². The topological polar surface area (TPSA) is 15.3 Å². The monoisotopic (exact) mass is 282 g/mol. The molecule has 0 aromatic carbocycles. The van der Waals surface area contributed by atoms with Crippen molar-refractivity contribution in [1.82, 2.24) is 10.2 Å². The predicted molar refractivity (Wildman–Crippen MR) is 90.2 cm³/mol. The van der Waals surface area contributed by atoms with Gasteiger partial charge in [-0.25, -0.2) is 0 Å². The van der Waals surface area contributed by atoms with E-state index in [9.17, 15) is 0 Å². The molecule has 0 bridgehead atoms. The van der Waals surface area contributed by atoms with Crippen LogP contribution in [0.1, 0.15) is 66.7 Å².